The lowest BCUT2D eigenvalue weighted by molar-refractivity contribution is 0.390. The van der Waals surface area contributed by atoms with E-state index in [1.807, 2.05) is 7.05 Å². The van der Waals surface area contributed by atoms with Crippen LogP contribution in [0, 0.1) is 5.92 Å². The maximum Gasteiger partial charge on any atom is 0.216 e. The molecule has 0 aliphatic heterocycles. The molecule has 0 radical (unpaired) electrons. The van der Waals surface area contributed by atoms with Gasteiger partial charge in [0.1, 0.15) is 5.82 Å². The molecule has 0 spiro atoms. The van der Waals surface area contributed by atoms with Crippen LogP contribution in [-0.2, 0) is 6.42 Å². The van der Waals surface area contributed by atoms with Gasteiger partial charge in [0.2, 0.25) is 5.88 Å². The Hall–Kier alpha value is -1.16. The highest BCUT2D eigenvalue weighted by molar-refractivity contribution is 5.08. The standard InChI is InChI=1S/C12H21N3O/c1-9(2)7-10(13-3)8-11-14-6-5-12(15-11)16-4/h5-6,9-10,13H,7-8H2,1-4H3. The number of aromatic nitrogens is 2. The zero-order valence-electron chi connectivity index (χ0n) is 10.5. The van der Waals surface area contributed by atoms with Crippen molar-refractivity contribution >= 4 is 0 Å². The van der Waals surface area contributed by atoms with Crippen molar-refractivity contribution < 1.29 is 4.74 Å². The van der Waals surface area contributed by atoms with Crippen molar-refractivity contribution in [2.45, 2.75) is 32.7 Å². The molecule has 1 rings (SSSR count). The van der Waals surface area contributed by atoms with Crippen molar-refractivity contribution in [3.63, 3.8) is 0 Å². The summed E-state index contributed by atoms with van der Waals surface area (Å²) in [5.41, 5.74) is 0. The van der Waals surface area contributed by atoms with Crippen molar-refractivity contribution in [1.82, 2.24) is 15.3 Å². The summed E-state index contributed by atoms with van der Waals surface area (Å²) >= 11 is 0. The van der Waals surface area contributed by atoms with Gasteiger partial charge in [-0.05, 0) is 19.4 Å². The minimum absolute atomic E-state index is 0.423. The van der Waals surface area contributed by atoms with E-state index in [9.17, 15) is 0 Å². The Balaban J connectivity index is 2.62. The molecule has 0 bridgehead atoms. The van der Waals surface area contributed by atoms with Crippen molar-refractivity contribution in [3.8, 4) is 5.88 Å². The maximum atomic E-state index is 5.08. The molecule has 4 nitrogen and oxygen atoms in total. The summed E-state index contributed by atoms with van der Waals surface area (Å²) in [6, 6.07) is 2.19. The Morgan fingerprint density at radius 2 is 2.19 bits per heavy atom. The number of likely N-dealkylation sites (N-methyl/N-ethyl adjacent to an activating group) is 1. The number of methoxy groups -OCH3 is 1. The average Bonchev–Trinajstić information content (AvgIpc) is 2.28. The van der Waals surface area contributed by atoms with Crippen LogP contribution >= 0.6 is 0 Å². The fourth-order valence-corrected chi connectivity index (χ4v) is 1.69. The van der Waals surface area contributed by atoms with E-state index in [1.165, 1.54) is 0 Å². The highest BCUT2D eigenvalue weighted by Crippen LogP contribution is 2.10. The van der Waals surface area contributed by atoms with Gasteiger partial charge >= 0.3 is 0 Å². The van der Waals surface area contributed by atoms with Crippen molar-refractivity contribution in [1.29, 1.82) is 0 Å². The van der Waals surface area contributed by atoms with Crippen LogP contribution in [0.4, 0.5) is 0 Å². The molecule has 0 saturated carbocycles. The predicted molar refractivity (Wildman–Crippen MR) is 64.6 cm³/mol. The Morgan fingerprint density at radius 3 is 2.75 bits per heavy atom. The molecule has 0 aliphatic carbocycles. The third kappa shape index (κ3) is 4.14. The van der Waals surface area contributed by atoms with Crippen molar-refractivity contribution in [2.75, 3.05) is 14.2 Å². The van der Waals surface area contributed by atoms with E-state index in [-0.39, 0.29) is 0 Å². The molecule has 0 saturated heterocycles. The number of rotatable bonds is 6. The van der Waals surface area contributed by atoms with Gasteiger partial charge in [-0.3, -0.25) is 0 Å². The molecule has 1 aromatic rings. The van der Waals surface area contributed by atoms with Crippen LogP contribution in [0.2, 0.25) is 0 Å². The fraction of sp³-hybridized carbons (Fsp3) is 0.667. The van der Waals surface area contributed by atoms with Gasteiger partial charge in [-0.25, -0.2) is 4.98 Å². The van der Waals surface area contributed by atoms with Crippen LogP contribution in [0.3, 0.4) is 0 Å². The summed E-state index contributed by atoms with van der Waals surface area (Å²) in [4.78, 5) is 8.56. The number of hydrogen-bond donors (Lipinski definition) is 1. The van der Waals surface area contributed by atoms with Crippen LogP contribution in [0.1, 0.15) is 26.1 Å². The van der Waals surface area contributed by atoms with Gasteiger partial charge in [0.25, 0.3) is 0 Å². The van der Waals surface area contributed by atoms with Gasteiger partial charge in [-0.15, -0.1) is 0 Å². The summed E-state index contributed by atoms with van der Waals surface area (Å²) in [5, 5.41) is 3.30. The second kappa shape index (κ2) is 6.43. The topological polar surface area (TPSA) is 47.0 Å². The first-order valence-electron chi connectivity index (χ1n) is 5.69. The number of hydrogen-bond acceptors (Lipinski definition) is 4. The fourth-order valence-electron chi connectivity index (χ4n) is 1.69. The number of nitrogens with one attached hydrogen (secondary N) is 1. The molecule has 0 aromatic carbocycles. The van der Waals surface area contributed by atoms with E-state index >= 15 is 0 Å². The van der Waals surface area contributed by atoms with Crippen LogP contribution in [0.5, 0.6) is 5.88 Å². The largest absolute Gasteiger partial charge is 0.481 e. The minimum Gasteiger partial charge on any atom is -0.481 e. The van der Waals surface area contributed by atoms with Gasteiger partial charge in [-0.1, -0.05) is 13.8 Å². The molecule has 0 amide bonds. The molecule has 1 aromatic heterocycles. The predicted octanol–water partition coefficient (Wildman–Crippen LogP) is 1.66. The Labute approximate surface area is 97.5 Å². The molecule has 1 N–H and O–H groups in total. The third-order valence-corrected chi connectivity index (χ3v) is 2.48. The third-order valence-electron chi connectivity index (χ3n) is 2.48. The van der Waals surface area contributed by atoms with E-state index in [2.05, 4.69) is 29.1 Å². The van der Waals surface area contributed by atoms with E-state index in [4.69, 9.17) is 4.74 Å². The lowest BCUT2D eigenvalue weighted by Crippen LogP contribution is -2.29. The molecule has 1 unspecified atom stereocenters. The van der Waals surface area contributed by atoms with Crippen molar-refractivity contribution in [2.24, 2.45) is 5.92 Å². The summed E-state index contributed by atoms with van der Waals surface area (Å²) in [7, 11) is 3.60. The monoisotopic (exact) mass is 223 g/mol. The number of nitrogens with zero attached hydrogens (tertiary/aromatic N) is 2. The van der Waals surface area contributed by atoms with E-state index in [0.717, 1.165) is 18.7 Å². The molecule has 1 heterocycles. The van der Waals surface area contributed by atoms with Crippen LogP contribution in [-0.4, -0.2) is 30.2 Å². The second-order valence-corrected chi connectivity index (χ2v) is 4.33. The van der Waals surface area contributed by atoms with Gasteiger partial charge in [0.05, 0.1) is 7.11 Å². The smallest absolute Gasteiger partial charge is 0.216 e. The van der Waals surface area contributed by atoms with Gasteiger partial charge in [0.15, 0.2) is 0 Å². The quantitative estimate of drug-likeness (QED) is 0.796. The van der Waals surface area contributed by atoms with Crippen LogP contribution < -0.4 is 10.1 Å². The normalized spacial score (nSPS) is 12.8. The Kier molecular flexibility index (Phi) is 5.19. The summed E-state index contributed by atoms with van der Waals surface area (Å²) in [6.07, 6.45) is 3.70. The van der Waals surface area contributed by atoms with E-state index < -0.39 is 0 Å². The van der Waals surface area contributed by atoms with Crippen LogP contribution in [0.15, 0.2) is 12.3 Å². The first-order valence-corrected chi connectivity index (χ1v) is 5.69. The molecule has 1 atom stereocenters. The molecule has 16 heavy (non-hydrogen) atoms. The lowest BCUT2D eigenvalue weighted by Gasteiger charge is -2.17. The van der Waals surface area contributed by atoms with Gasteiger partial charge < -0.3 is 10.1 Å². The Bertz CT molecular complexity index is 315. The summed E-state index contributed by atoms with van der Waals surface area (Å²) in [5.74, 6) is 2.13. The zero-order valence-corrected chi connectivity index (χ0v) is 10.5. The molecule has 90 valence electrons. The zero-order chi connectivity index (χ0) is 12.0. The first kappa shape index (κ1) is 12.9. The average molecular weight is 223 g/mol. The van der Waals surface area contributed by atoms with Gasteiger partial charge in [0, 0.05) is 24.7 Å². The Morgan fingerprint density at radius 1 is 1.44 bits per heavy atom. The van der Waals surface area contributed by atoms with Crippen molar-refractivity contribution in [3.05, 3.63) is 18.1 Å². The molecule has 0 fully saturated rings. The highest BCUT2D eigenvalue weighted by atomic mass is 16.5. The van der Waals surface area contributed by atoms with E-state index in [0.29, 0.717) is 17.8 Å². The van der Waals surface area contributed by atoms with Gasteiger partial charge in [-0.2, -0.15) is 4.98 Å². The lowest BCUT2D eigenvalue weighted by atomic mass is 10.0. The first-order chi connectivity index (χ1) is 7.65. The maximum absolute atomic E-state index is 5.08. The number of ether oxygens (including phenoxy) is 1. The molecule has 4 heteroatoms. The summed E-state index contributed by atoms with van der Waals surface area (Å²) < 4.78 is 5.08. The molecule has 0 aliphatic rings. The highest BCUT2D eigenvalue weighted by Gasteiger charge is 2.11. The molecular weight excluding hydrogens is 202 g/mol. The SMILES string of the molecule is CNC(Cc1nccc(OC)n1)CC(C)C. The van der Waals surface area contributed by atoms with E-state index in [1.54, 1.807) is 19.4 Å². The minimum atomic E-state index is 0.423. The van der Waals surface area contributed by atoms with Crippen LogP contribution in [0.25, 0.3) is 0 Å². The summed E-state index contributed by atoms with van der Waals surface area (Å²) in [6.45, 7) is 4.44. The second-order valence-electron chi connectivity index (χ2n) is 4.33. The molecular formula is C12H21N3O.